The van der Waals surface area contributed by atoms with Gasteiger partial charge >= 0.3 is 0 Å². The second-order valence-corrected chi connectivity index (χ2v) is 8.46. The zero-order valence-corrected chi connectivity index (χ0v) is 18.7. The Labute approximate surface area is 192 Å². The summed E-state index contributed by atoms with van der Waals surface area (Å²) in [6.45, 7) is 3.86. The number of hydrogen-bond donors (Lipinski definition) is 1. The molecule has 0 saturated carbocycles. The van der Waals surface area contributed by atoms with Crippen LogP contribution in [0.1, 0.15) is 34.6 Å². The molecule has 1 N–H and O–H groups in total. The molecule has 1 aliphatic heterocycles. The SMILES string of the molecule is Cc1cccc(-n2cccc2[C@H]2[C@@H](c3ccccn3)NC(=S)N2c2ccc(F)c(C)c2)c1. The van der Waals surface area contributed by atoms with E-state index in [0.717, 1.165) is 22.8 Å². The molecule has 1 fully saturated rings. The van der Waals surface area contributed by atoms with Gasteiger partial charge < -0.3 is 14.8 Å². The van der Waals surface area contributed by atoms with Crippen molar-refractivity contribution in [1.82, 2.24) is 14.9 Å². The van der Waals surface area contributed by atoms with E-state index in [9.17, 15) is 4.39 Å². The monoisotopic (exact) mass is 442 g/mol. The highest BCUT2D eigenvalue weighted by Crippen LogP contribution is 2.42. The maximum absolute atomic E-state index is 14.0. The van der Waals surface area contributed by atoms with Crippen molar-refractivity contribution in [3.63, 3.8) is 0 Å². The maximum Gasteiger partial charge on any atom is 0.174 e. The van der Waals surface area contributed by atoms with Crippen molar-refractivity contribution < 1.29 is 4.39 Å². The van der Waals surface area contributed by atoms with Crippen LogP contribution >= 0.6 is 12.2 Å². The third-order valence-corrected chi connectivity index (χ3v) is 6.20. The minimum absolute atomic E-state index is 0.160. The zero-order valence-electron chi connectivity index (χ0n) is 17.9. The molecule has 4 nitrogen and oxygen atoms in total. The molecular weight excluding hydrogens is 419 g/mol. The lowest BCUT2D eigenvalue weighted by Crippen LogP contribution is -2.30. The predicted octanol–water partition coefficient (Wildman–Crippen LogP) is 5.81. The first-order chi connectivity index (χ1) is 15.5. The zero-order chi connectivity index (χ0) is 22.2. The van der Waals surface area contributed by atoms with Crippen molar-refractivity contribution in [2.24, 2.45) is 0 Å². The molecule has 0 radical (unpaired) electrons. The van der Waals surface area contributed by atoms with Crippen molar-refractivity contribution >= 4 is 23.0 Å². The van der Waals surface area contributed by atoms with Crippen LogP contribution in [-0.4, -0.2) is 14.7 Å². The molecule has 0 spiro atoms. The molecular formula is C26H23FN4S. The fourth-order valence-corrected chi connectivity index (χ4v) is 4.71. The minimum atomic E-state index is -0.229. The van der Waals surface area contributed by atoms with Gasteiger partial charge in [-0.05, 0) is 91.8 Å². The molecule has 0 aliphatic carbocycles. The summed E-state index contributed by atoms with van der Waals surface area (Å²) in [6, 6.07) is 23.2. The third-order valence-electron chi connectivity index (χ3n) is 5.88. The summed E-state index contributed by atoms with van der Waals surface area (Å²) < 4.78 is 16.2. The highest BCUT2D eigenvalue weighted by molar-refractivity contribution is 7.80. The number of benzene rings is 2. The number of pyridine rings is 1. The van der Waals surface area contributed by atoms with Gasteiger partial charge in [0, 0.05) is 29.5 Å². The molecule has 2 aromatic heterocycles. The normalized spacial score (nSPS) is 18.1. The quantitative estimate of drug-likeness (QED) is 0.405. The van der Waals surface area contributed by atoms with E-state index in [1.807, 2.05) is 30.3 Å². The number of anilines is 1. The number of aryl methyl sites for hydroxylation is 2. The van der Waals surface area contributed by atoms with Crippen LogP contribution in [0.25, 0.3) is 5.69 Å². The van der Waals surface area contributed by atoms with Gasteiger partial charge in [0.15, 0.2) is 5.11 Å². The van der Waals surface area contributed by atoms with Crippen molar-refractivity contribution in [2.45, 2.75) is 25.9 Å². The molecule has 3 heterocycles. The first-order valence-corrected chi connectivity index (χ1v) is 10.9. The Bertz CT molecular complexity index is 1280. The van der Waals surface area contributed by atoms with Gasteiger partial charge in [-0.25, -0.2) is 4.39 Å². The summed E-state index contributed by atoms with van der Waals surface area (Å²) >= 11 is 5.79. The standard InChI is InChI=1S/C26H23FN4S/c1-17-7-5-8-19(15-17)30-14-6-10-23(30)25-24(22-9-3-4-13-28-22)29-26(32)31(25)20-11-12-21(27)18(2)16-20/h3-16,24-25H,1-2H3,(H,29,32)/t24-,25+/m1/s1. The van der Waals surface area contributed by atoms with Gasteiger partial charge in [-0.2, -0.15) is 0 Å². The molecule has 0 amide bonds. The summed E-state index contributed by atoms with van der Waals surface area (Å²) in [5, 5.41) is 4.06. The minimum Gasteiger partial charge on any atom is -0.351 e. The second kappa shape index (κ2) is 8.20. The molecule has 160 valence electrons. The molecule has 0 unspecified atom stereocenters. The number of nitrogens with zero attached hydrogens (tertiary/aromatic N) is 3. The number of thiocarbonyl (C=S) groups is 1. The van der Waals surface area contributed by atoms with E-state index in [4.69, 9.17) is 12.2 Å². The van der Waals surface area contributed by atoms with Crippen LogP contribution in [0.3, 0.4) is 0 Å². The highest BCUT2D eigenvalue weighted by atomic mass is 32.1. The van der Waals surface area contributed by atoms with Gasteiger partial charge in [0.1, 0.15) is 11.9 Å². The van der Waals surface area contributed by atoms with Crippen molar-refractivity contribution in [2.75, 3.05) is 4.90 Å². The summed E-state index contributed by atoms with van der Waals surface area (Å²) in [5.41, 5.74) is 5.67. The summed E-state index contributed by atoms with van der Waals surface area (Å²) in [6.07, 6.45) is 3.86. The Morgan fingerprint density at radius 2 is 1.81 bits per heavy atom. The van der Waals surface area contributed by atoms with Gasteiger partial charge in [-0.1, -0.05) is 18.2 Å². The predicted molar refractivity (Wildman–Crippen MR) is 130 cm³/mol. The number of hydrogen-bond acceptors (Lipinski definition) is 2. The molecule has 1 aliphatic rings. The van der Waals surface area contributed by atoms with E-state index < -0.39 is 0 Å². The maximum atomic E-state index is 14.0. The van der Waals surface area contributed by atoms with E-state index in [2.05, 4.69) is 63.2 Å². The molecule has 5 rings (SSSR count). The van der Waals surface area contributed by atoms with Gasteiger partial charge in [0.05, 0.1) is 11.7 Å². The van der Waals surface area contributed by atoms with Crippen molar-refractivity contribution in [3.8, 4) is 5.69 Å². The first kappa shape index (κ1) is 20.4. The van der Waals surface area contributed by atoms with Crippen LogP contribution in [0.5, 0.6) is 0 Å². The Balaban J connectivity index is 1.68. The van der Waals surface area contributed by atoms with Crippen LogP contribution in [0, 0.1) is 19.7 Å². The largest absolute Gasteiger partial charge is 0.351 e. The Morgan fingerprint density at radius 1 is 0.938 bits per heavy atom. The van der Waals surface area contributed by atoms with Gasteiger partial charge in [0.25, 0.3) is 0 Å². The van der Waals surface area contributed by atoms with E-state index in [1.165, 1.54) is 11.6 Å². The molecule has 1 saturated heterocycles. The number of halogens is 1. The van der Waals surface area contributed by atoms with E-state index >= 15 is 0 Å². The van der Waals surface area contributed by atoms with E-state index in [-0.39, 0.29) is 17.9 Å². The van der Waals surface area contributed by atoms with Crippen LogP contribution in [-0.2, 0) is 0 Å². The van der Waals surface area contributed by atoms with Crippen LogP contribution in [0.15, 0.2) is 85.2 Å². The molecule has 0 bridgehead atoms. The number of rotatable bonds is 4. The third kappa shape index (κ3) is 3.56. The lowest BCUT2D eigenvalue weighted by atomic mass is 10.0. The van der Waals surface area contributed by atoms with E-state index in [1.54, 1.807) is 19.2 Å². The Hall–Kier alpha value is -3.51. The number of aromatic nitrogens is 2. The number of nitrogens with one attached hydrogen (secondary N) is 1. The Kier molecular flexibility index (Phi) is 5.23. The second-order valence-electron chi connectivity index (χ2n) is 8.07. The van der Waals surface area contributed by atoms with Crippen LogP contribution in [0.4, 0.5) is 10.1 Å². The fourth-order valence-electron chi connectivity index (χ4n) is 4.36. The lowest BCUT2D eigenvalue weighted by Gasteiger charge is -2.29. The molecule has 4 aromatic rings. The average molecular weight is 443 g/mol. The molecule has 2 atom stereocenters. The topological polar surface area (TPSA) is 33.1 Å². The summed E-state index contributed by atoms with van der Waals surface area (Å²) in [7, 11) is 0. The van der Waals surface area contributed by atoms with Gasteiger partial charge in [0.2, 0.25) is 0 Å². The van der Waals surface area contributed by atoms with Gasteiger partial charge in [-0.3, -0.25) is 4.98 Å². The molecule has 32 heavy (non-hydrogen) atoms. The van der Waals surface area contributed by atoms with Gasteiger partial charge in [-0.15, -0.1) is 0 Å². The highest BCUT2D eigenvalue weighted by Gasteiger charge is 2.42. The first-order valence-electron chi connectivity index (χ1n) is 10.5. The van der Waals surface area contributed by atoms with E-state index in [0.29, 0.717) is 10.7 Å². The summed E-state index contributed by atoms with van der Waals surface area (Å²) in [5.74, 6) is -0.229. The fraction of sp³-hybridized carbons (Fsp3) is 0.154. The lowest BCUT2D eigenvalue weighted by molar-refractivity contribution is 0.549. The van der Waals surface area contributed by atoms with Crippen molar-refractivity contribution in [1.29, 1.82) is 0 Å². The summed E-state index contributed by atoms with van der Waals surface area (Å²) in [4.78, 5) is 6.69. The average Bonchev–Trinajstić information content (AvgIpc) is 3.40. The molecule has 2 aromatic carbocycles. The smallest absolute Gasteiger partial charge is 0.174 e. The molecule has 6 heteroatoms. The van der Waals surface area contributed by atoms with Crippen molar-refractivity contribution in [3.05, 3.63) is 114 Å². The van der Waals surface area contributed by atoms with Crippen LogP contribution in [0.2, 0.25) is 0 Å². The van der Waals surface area contributed by atoms with Crippen LogP contribution < -0.4 is 10.2 Å². The Morgan fingerprint density at radius 3 is 2.56 bits per heavy atom.